The standard InChI is InChI=1S/C16H18N2O2S/c1-12-4-2-5-13(10-12)11-18-15(19)7-8-17-16(20)14-6-3-9-21-14/h2-6,9-10H,7-8,11H2,1H3,(H,17,20)(H,18,19). The zero-order valence-corrected chi connectivity index (χ0v) is 12.7. The summed E-state index contributed by atoms with van der Waals surface area (Å²) in [5.74, 6) is -0.195. The molecule has 2 N–H and O–H groups in total. The van der Waals surface area contributed by atoms with Gasteiger partial charge in [0, 0.05) is 19.5 Å². The van der Waals surface area contributed by atoms with E-state index in [-0.39, 0.29) is 18.2 Å². The molecule has 0 saturated carbocycles. The van der Waals surface area contributed by atoms with E-state index in [1.807, 2.05) is 42.6 Å². The Kier molecular flexibility index (Phi) is 5.51. The molecule has 0 unspecified atom stereocenters. The Morgan fingerprint density at radius 1 is 1.14 bits per heavy atom. The Morgan fingerprint density at radius 3 is 2.71 bits per heavy atom. The zero-order chi connectivity index (χ0) is 15.1. The molecular weight excluding hydrogens is 284 g/mol. The lowest BCUT2D eigenvalue weighted by molar-refractivity contribution is -0.121. The first-order chi connectivity index (χ1) is 10.1. The highest BCUT2D eigenvalue weighted by atomic mass is 32.1. The largest absolute Gasteiger partial charge is 0.352 e. The van der Waals surface area contributed by atoms with Crippen molar-refractivity contribution in [2.45, 2.75) is 19.9 Å². The maximum atomic E-state index is 11.7. The molecule has 0 fully saturated rings. The van der Waals surface area contributed by atoms with Gasteiger partial charge in [-0.15, -0.1) is 11.3 Å². The Hall–Kier alpha value is -2.14. The lowest BCUT2D eigenvalue weighted by Gasteiger charge is -2.07. The van der Waals surface area contributed by atoms with Crippen LogP contribution >= 0.6 is 11.3 Å². The van der Waals surface area contributed by atoms with Gasteiger partial charge in [-0.05, 0) is 23.9 Å². The van der Waals surface area contributed by atoms with Gasteiger partial charge in [-0.3, -0.25) is 9.59 Å². The van der Waals surface area contributed by atoms with Gasteiger partial charge >= 0.3 is 0 Å². The molecule has 2 rings (SSSR count). The smallest absolute Gasteiger partial charge is 0.261 e. The molecule has 5 heteroatoms. The highest BCUT2D eigenvalue weighted by molar-refractivity contribution is 7.12. The first kappa shape index (κ1) is 15.3. The van der Waals surface area contributed by atoms with Gasteiger partial charge < -0.3 is 10.6 Å². The average molecular weight is 302 g/mol. The lowest BCUT2D eigenvalue weighted by Crippen LogP contribution is -2.30. The van der Waals surface area contributed by atoms with Crippen LogP contribution in [-0.2, 0) is 11.3 Å². The van der Waals surface area contributed by atoms with Gasteiger partial charge in [0.2, 0.25) is 5.91 Å². The summed E-state index contributed by atoms with van der Waals surface area (Å²) in [7, 11) is 0. The maximum absolute atomic E-state index is 11.7. The van der Waals surface area contributed by atoms with Crippen molar-refractivity contribution in [3.8, 4) is 0 Å². The third-order valence-electron chi connectivity index (χ3n) is 2.95. The number of thiophene rings is 1. The normalized spacial score (nSPS) is 10.1. The van der Waals surface area contributed by atoms with Gasteiger partial charge in [-0.2, -0.15) is 0 Å². The van der Waals surface area contributed by atoms with Crippen LogP contribution in [0, 0.1) is 6.92 Å². The fourth-order valence-corrected chi connectivity index (χ4v) is 2.54. The predicted molar refractivity (Wildman–Crippen MR) is 84.3 cm³/mol. The van der Waals surface area contributed by atoms with Gasteiger partial charge in [0.25, 0.3) is 5.91 Å². The van der Waals surface area contributed by atoms with Gasteiger partial charge in [-0.25, -0.2) is 0 Å². The van der Waals surface area contributed by atoms with Crippen LogP contribution in [0.2, 0.25) is 0 Å². The van der Waals surface area contributed by atoms with E-state index in [1.165, 1.54) is 16.9 Å². The fourth-order valence-electron chi connectivity index (χ4n) is 1.90. The minimum absolute atomic E-state index is 0.0667. The summed E-state index contributed by atoms with van der Waals surface area (Å²) in [5.41, 5.74) is 2.25. The van der Waals surface area contributed by atoms with E-state index in [0.717, 1.165) is 5.56 Å². The van der Waals surface area contributed by atoms with Crippen LogP contribution < -0.4 is 10.6 Å². The molecule has 0 radical (unpaired) electrons. The summed E-state index contributed by atoms with van der Waals surface area (Å²) in [6.45, 7) is 2.88. The molecule has 0 atom stereocenters. The summed E-state index contributed by atoms with van der Waals surface area (Å²) in [5, 5.41) is 7.43. The second-order valence-corrected chi connectivity index (χ2v) is 5.70. The monoisotopic (exact) mass is 302 g/mol. The number of hydrogen-bond donors (Lipinski definition) is 2. The molecule has 0 aliphatic carbocycles. The molecule has 2 amide bonds. The van der Waals surface area contributed by atoms with Crippen LogP contribution in [0.1, 0.15) is 27.2 Å². The maximum Gasteiger partial charge on any atom is 0.261 e. The van der Waals surface area contributed by atoms with Crippen molar-refractivity contribution in [1.82, 2.24) is 10.6 Å². The molecule has 4 nitrogen and oxygen atoms in total. The molecule has 1 aromatic heterocycles. The quantitative estimate of drug-likeness (QED) is 0.861. The highest BCUT2D eigenvalue weighted by Crippen LogP contribution is 2.07. The van der Waals surface area contributed by atoms with Gasteiger partial charge in [-0.1, -0.05) is 35.9 Å². The number of benzene rings is 1. The predicted octanol–water partition coefficient (Wildman–Crippen LogP) is 2.49. The van der Waals surface area contributed by atoms with E-state index in [4.69, 9.17) is 0 Å². The minimum Gasteiger partial charge on any atom is -0.352 e. The van der Waals surface area contributed by atoms with Crippen molar-refractivity contribution >= 4 is 23.2 Å². The van der Waals surface area contributed by atoms with E-state index in [2.05, 4.69) is 10.6 Å². The van der Waals surface area contributed by atoms with Crippen LogP contribution in [0.4, 0.5) is 0 Å². The number of rotatable bonds is 6. The molecule has 1 heterocycles. The summed E-state index contributed by atoms with van der Waals surface area (Å²) in [6.07, 6.45) is 0.281. The Bertz CT molecular complexity index is 608. The summed E-state index contributed by atoms with van der Waals surface area (Å²) >= 11 is 1.39. The molecule has 2 aromatic rings. The number of amides is 2. The molecule has 0 bridgehead atoms. The van der Waals surface area contributed by atoms with E-state index in [1.54, 1.807) is 6.07 Å². The number of hydrogen-bond acceptors (Lipinski definition) is 3. The second-order valence-electron chi connectivity index (χ2n) is 4.75. The van der Waals surface area contributed by atoms with Gasteiger partial charge in [0.05, 0.1) is 4.88 Å². The number of carbonyl (C=O) groups excluding carboxylic acids is 2. The molecule has 0 saturated heterocycles. The Morgan fingerprint density at radius 2 is 2.00 bits per heavy atom. The molecule has 0 aliphatic rings. The van der Waals surface area contributed by atoms with E-state index < -0.39 is 0 Å². The highest BCUT2D eigenvalue weighted by Gasteiger charge is 2.07. The van der Waals surface area contributed by atoms with Crippen LogP contribution in [0.25, 0.3) is 0 Å². The summed E-state index contributed by atoms with van der Waals surface area (Å²) < 4.78 is 0. The minimum atomic E-state index is -0.128. The third kappa shape index (κ3) is 5.04. The molecule has 21 heavy (non-hydrogen) atoms. The van der Waals surface area contributed by atoms with Crippen LogP contribution in [0.3, 0.4) is 0 Å². The Balaban J connectivity index is 1.67. The molecule has 1 aromatic carbocycles. The first-order valence-electron chi connectivity index (χ1n) is 6.79. The molecule has 0 spiro atoms. The van der Waals surface area contributed by atoms with E-state index in [9.17, 15) is 9.59 Å². The van der Waals surface area contributed by atoms with Crippen molar-refractivity contribution in [3.63, 3.8) is 0 Å². The zero-order valence-electron chi connectivity index (χ0n) is 11.9. The third-order valence-corrected chi connectivity index (χ3v) is 3.82. The van der Waals surface area contributed by atoms with Crippen molar-refractivity contribution in [2.24, 2.45) is 0 Å². The SMILES string of the molecule is Cc1cccc(CNC(=O)CCNC(=O)c2cccs2)c1. The van der Waals surface area contributed by atoms with Gasteiger partial charge in [0.15, 0.2) is 0 Å². The van der Waals surface area contributed by atoms with Crippen LogP contribution in [-0.4, -0.2) is 18.4 Å². The summed E-state index contributed by atoms with van der Waals surface area (Å²) in [6, 6.07) is 11.6. The van der Waals surface area contributed by atoms with Crippen molar-refractivity contribution in [1.29, 1.82) is 0 Å². The lowest BCUT2D eigenvalue weighted by atomic mass is 10.1. The van der Waals surface area contributed by atoms with Crippen molar-refractivity contribution < 1.29 is 9.59 Å². The number of carbonyl (C=O) groups is 2. The fraction of sp³-hybridized carbons (Fsp3) is 0.250. The molecular formula is C16H18N2O2S. The Labute approximate surface area is 128 Å². The number of nitrogens with one attached hydrogen (secondary N) is 2. The van der Waals surface area contributed by atoms with Crippen LogP contribution in [0.15, 0.2) is 41.8 Å². The van der Waals surface area contributed by atoms with Crippen LogP contribution in [0.5, 0.6) is 0 Å². The van der Waals surface area contributed by atoms with Crippen molar-refractivity contribution in [2.75, 3.05) is 6.54 Å². The molecule has 0 aliphatic heterocycles. The number of aryl methyl sites for hydroxylation is 1. The second kappa shape index (κ2) is 7.59. The summed E-state index contributed by atoms with van der Waals surface area (Å²) in [4.78, 5) is 24.0. The molecule has 110 valence electrons. The van der Waals surface area contributed by atoms with E-state index in [0.29, 0.717) is 18.0 Å². The average Bonchev–Trinajstić information content (AvgIpc) is 2.99. The van der Waals surface area contributed by atoms with Crippen molar-refractivity contribution in [3.05, 3.63) is 57.8 Å². The van der Waals surface area contributed by atoms with Gasteiger partial charge in [0.1, 0.15) is 0 Å². The van der Waals surface area contributed by atoms with E-state index >= 15 is 0 Å². The first-order valence-corrected chi connectivity index (χ1v) is 7.67. The topological polar surface area (TPSA) is 58.2 Å².